The third-order valence-electron chi connectivity index (χ3n) is 4.07. The average Bonchev–Trinajstić information content (AvgIpc) is 2.55. The maximum atomic E-state index is 12.8. The predicted octanol–water partition coefficient (Wildman–Crippen LogP) is 3.97. The van der Waals surface area contributed by atoms with Gasteiger partial charge in [-0.15, -0.1) is 0 Å². The standard InChI is InChI=1S/C19H20ClNO3/c1-19(2,15-8-10-16(20)11-9-15)18(24)21(3)12-13-4-6-14(7-5-13)17(22)23/h4-11H,12H2,1-3H3,(H,22,23). The Hall–Kier alpha value is -2.33. The van der Waals surface area contributed by atoms with E-state index < -0.39 is 11.4 Å². The molecule has 24 heavy (non-hydrogen) atoms. The van der Waals surface area contributed by atoms with Crippen LogP contribution in [0.3, 0.4) is 0 Å². The van der Waals surface area contributed by atoms with Crippen LogP contribution in [-0.4, -0.2) is 28.9 Å². The molecule has 0 spiro atoms. The van der Waals surface area contributed by atoms with Crippen LogP contribution in [0.25, 0.3) is 0 Å². The van der Waals surface area contributed by atoms with Gasteiger partial charge >= 0.3 is 5.97 Å². The van der Waals surface area contributed by atoms with E-state index in [0.29, 0.717) is 11.6 Å². The Bertz CT molecular complexity index is 736. The minimum atomic E-state index is -0.963. The van der Waals surface area contributed by atoms with Gasteiger partial charge in [0.15, 0.2) is 0 Å². The number of hydrogen-bond acceptors (Lipinski definition) is 2. The molecule has 0 aliphatic carbocycles. The van der Waals surface area contributed by atoms with Crippen molar-refractivity contribution in [3.8, 4) is 0 Å². The number of carboxylic acid groups (broad SMARTS) is 1. The molecule has 0 heterocycles. The molecule has 2 aromatic carbocycles. The Morgan fingerprint density at radius 3 is 2.08 bits per heavy atom. The highest BCUT2D eigenvalue weighted by Gasteiger charge is 2.32. The first kappa shape index (κ1) is 18.0. The molecule has 1 N–H and O–H groups in total. The molecule has 2 rings (SSSR count). The highest BCUT2D eigenvalue weighted by Crippen LogP contribution is 2.27. The van der Waals surface area contributed by atoms with Crippen molar-refractivity contribution in [2.45, 2.75) is 25.8 Å². The lowest BCUT2D eigenvalue weighted by molar-refractivity contribution is -0.135. The molecule has 0 saturated heterocycles. The SMILES string of the molecule is CN(Cc1ccc(C(=O)O)cc1)C(=O)C(C)(C)c1ccc(Cl)cc1. The van der Waals surface area contributed by atoms with E-state index >= 15 is 0 Å². The van der Waals surface area contributed by atoms with Crippen molar-refractivity contribution in [3.05, 3.63) is 70.2 Å². The largest absolute Gasteiger partial charge is 0.478 e. The normalized spacial score (nSPS) is 11.2. The van der Waals surface area contributed by atoms with Gasteiger partial charge in [0.25, 0.3) is 0 Å². The number of amides is 1. The summed E-state index contributed by atoms with van der Waals surface area (Å²) >= 11 is 5.91. The van der Waals surface area contributed by atoms with Crippen molar-refractivity contribution < 1.29 is 14.7 Å². The summed E-state index contributed by atoms with van der Waals surface area (Å²) in [5.74, 6) is -0.984. The quantitative estimate of drug-likeness (QED) is 0.891. The molecule has 0 aliphatic rings. The van der Waals surface area contributed by atoms with E-state index in [2.05, 4.69) is 0 Å². The summed E-state index contributed by atoms with van der Waals surface area (Å²) in [5, 5.41) is 9.56. The number of benzene rings is 2. The first-order valence-electron chi connectivity index (χ1n) is 7.55. The van der Waals surface area contributed by atoms with Crippen molar-refractivity contribution in [2.75, 3.05) is 7.05 Å². The molecule has 0 saturated carbocycles. The van der Waals surface area contributed by atoms with Gasteiger partial charge in [0.1, 0.15) is 0 Å². The van der Waals surface area contributed by atoms with Crippen LogP contribution in [0.5, 0.6) is 0 Å². The van der Waals surface area contributed by atoms with Crippen molar-refractivity contribution in [2.24, 2.45) is 0 Å². The summed E-state index contributed by atoms with van der Waals surface area (Å²) in [6, 6.07) is 13.8. The molecule has 0 fully saturated rings. The highest BCUT2D eigenvalue weighted by molar-refractivity contribution is 6.30. The molecule has 0 unspecified atom stereocenters. The van der Waals surface area contributed by atoms with Crippen LogP contribution >= 0.6 is 11.6 Å². The van der Waals surface area contributed by atoms with Crippen LogP contribution in [0.15, 0.2) is 48.5 Å². The molecule has 0 bridgehead atoms. The van der Waals surface area contributed by atoms with Crippen LogP contribution in [-0.2, 0) is 16.8 Å². The van der Waals surface area contributed by atoms with E-state index in [1.54, 1.807) is 48.3 Å². The molecule has 2 aromatic rings. The molecule has 5 heteroatoms. The molecule has 0 atom stereocenters. The summed E-state index contributed by atoms with van der Waals surface area (Å²) in [5.41, 5.74) is 1.32. The fourth-order valence-corrected chi connectivity index (χ4v) is 2.69. The van der Waals surface area contributed by atoms with Gasteiger partial charge in [-0.25, -0.2) is 4.79 Å². The molecule has 0 aliphatic heterocycles. The molecular weight excluding hydrogens is 326 g/mol. The van der Waals surface area contributed by atoms with Crippen LogP contribution in [0.4, 0.5) is 0 Å². The number of carbonyl (C=O) groups is 2. The number of carbonyl (C=O) groups excluding carboxylic acids is 1. The van der Waals surface area contributed by atoms with Gasteiger partial charge in [-0.05, 0) is 49.2 Å². The van der Waals surface area contributed by atoms with Crippen LogP contribution in [0, 0.1) is 0 Å². The van der Waals surface area contributed by atoms with E-state index in [0.717, 1.165) is 11.1 Å². The zero-order valence-corrected chi connectivity index (χ0v) is 14.7. The number of hydrogen-bond donors (Lipinski definition) is 1. The summed E-state index contributed by atoms with van der Waals surface area (Å²) in [7, 11) is 1.74. The van der Waals surface area contributed by atoms with E-state index in [1.807, 2.05) is 26.0 Å². The van der Waals surface area contributed by atoms with Gasteiger partial charge < -0.3 is 10.0 Å². The molecule has 1 amide bonds. The number of rotatable bonds is 5. The maximum Gasteiger partial charge on any atom is 0.335 e. The zero-order chi connectivity index (χ0) is 17.9. The van der Waals surface area contributed by atoms with Crippen molar-refractivity contribution in [1.82, 2.24) is 4.90 Å². The van der Waals surface area contributed by atoms with Gasteiger partial charge in [-0.3, -0.25) is 4.79 Å². The van der Waals surface area contributed by atoms with Gasteiger partial charge in [-0.2, -0.15) is 0 Å². The first-order chi connectivity index (χ1) is 11.2. The number of nitrogens with zero attached hydrogens (tertiary/aromatic N) is 1. The van der Waals surface area contributed by atoms with E-state index in [1.165, 1.54) is 0 Å². The van der Waals surface area contributed by atoms with Crippen molar-refractivity contribution in [1.29, 1.82) is 0 Å². The third kappa shape index (κ3) is 3.95. The summed E-state index contributed by atoms with van der Waals surface area (Å²) in [6.45, 7) is 4.17. The first-order valence-corrected chi connectivity index (χ1v) is 7.93. The lowest BCUT2D eigenvalue weighted by Crippen LogP contribution is -2.41. The number of halogens is 1. The maximum absolute atomic E-state index is 12.8. The fourth-order valence-electron chi connectivity index (χ4n) is 2.57. The number of aromatic carboxylic acids is 1. The van der Waals surface area contributed by atoms with Gasteiger partial charge in [0.05, 0.1) is 11.0 Å². The molecule has 126 valence electrons. The van der Waals surface area contributed by atoms with E-state index in [4.69, 9.17) is 16.7 Å². The fraction of sp³-hybridized carbons (Fsp3) is 0.263. The highest BCUT2D eigenvalue weighted by atomic mass is 35.5. The average molecular weight is 346 g/mol. The van der Waals surface area contributed by atoms with E-state index in [-0.39, 0.29) is 11.5 Å². The van der Waals surface area contributed by atoms with E-state index in [9.17, 15) is 9.59 Å². The second-order valence-corrected chi connectivity index (χ2v) is 6.73. The minimum absolute atomic E-state index is 0.0212. The summed E-state index contributed by atoms with van der Waals surface area (Å²) in [4.78, 5) is 25.4. The number of likely N-dealkylation sites (N-methyl/N-ethyl adjacent to an activating group) is 1. The molecule has 4 nitrogen and oxygen atoms in total. The third-order valence-corrected chi connectivity index (χ3v) is 4.32. The van der Waals surface area contributed by atoms with Gasteiger partial charge in [-0.1, -0.05) is 35.9 Å². The Balaban J connectivity index is 2.13. The Morgan fingerprint density at radius 2 is 1.58 bits per heavy atom. The van der Waals surface area contributed by atoms with Crippen molar-refractivity contribution in [3.63, 3.8) is 0 Å². The minimum Gasteiger partial charge on any atom is -0.478 e. The molecule has 0 aromatic heterocycles. The Morgan fingerprint density at radius 1 is 1.04 bits per heavy atom. The van der Waals surface area contributed by atoms with Gasteiger partial charge in [0, 0.05) is 18.6 Å². The Kier molecular flexibility index (Phi) is 5.30. The molecule has 0 radical (unpaired) electrons. The topological polar surface area (TPSA) is 57.6 Å². The summed E-state index contributed by atoms with van der Waals surface area (Å²) in [6.07, 6.45) is 0. The summed E-state index contributed by atoms with van der Waals surface area (Å²) < 4.78 is 0. The zero-order valence-electron chi connectivity index (χ0n) is 13.9. The van der Waals surface area contributed by atoms with Crippen LogP contribution in [0.2, 0.25) is 5.02 Å². The van der Waals surface area contributed by atoms with Crippen molar-refractivity contribution >= 4 is 23.5 Å². The number of carboxylic acids is 1. The molecular formula is C19H20ClNO3. The Labute approximate surface area is 146 Å². The smallest absolute Gasteiger partial charge is 0.335 e. The second kappa shape index (κ2) is 7.05. The van der Waals surface area contributed by atoms with Gasteiger partial charge in [0.2, 0.25) is 5.91 Å². The second-order valence-electron chi connectivity index (χ2n) is 6.30. The predicted molar refractivity (Wildman–Crippen MR) is 94.4 cm³/mol. The monoisotopic (exact) mass is 345 g/mol. The van der Waals surface area contributed by atoms with Crippen LogP contribution < -0.4 is 0 Å². The lowest BCUT2D eigenvalue weighted by Gasteiger charge is -2.30. The lowest BCUT2D eigenvalue weighted by atomic mass is 9.83. The van der Waals surface area contributed by atoms with Crippen LogP contribution in [0.1, 0.15) is 35.3 Å².